The van der Waals surface area contributed by atoms with E-state index in [9.17, 15) is 4.79 Å². The first-order valence-corrected chi connectivity index (χ1v) is 5.32. The standard InChI is InChI=1S/C8H17NOS2/c1-9(2)8(10)7(6-12)4-3-5-11/h7,11-12H,3-6H2,1-2H3. The molecule has 0 saturated heterocycles. The lowest BCUT2D eigenvalue weighted by Gasteiger charge is -2.18. The molecule has 0 aromatic rings. The van der Waals surface area contributed by atoms with Gasteiger partial charge in [0.25, 0.3) is 0 Å². The van der Waals surface area contributed by atoms with E-state index in [0.29, 0.717) is 5.75 Å². The van der Waals surface area contributed by atoms with E-state index in [1.54, 1.807) is 19.0 Å². The van der Waals surface area contributed by atoms with Crippen LogP contribution < -0.4 is 0 Å². The third-order valence-electron chi connectivity index (χ3n) is 1.72. The smallest absolute Gasteiger partial charge is 0.225 e. The molecule has 0 aromatic heterocycles. The first kappa shape index (κ1) is 12.2. The number of rotatable bonds is 5. The van der Waals surface area contributed by atoms with Gasteiger partial charge in [0.05, 0.1) is 0 Å². The molecular weight excluding hydrogens is 190 g/mol. The molecule has 0 spiro atoms. The second-order valence-corrected chi connectivity index (χ2v) is 3.79. The van der Waals surface area contributed by atoms with Gasteiger partial charge >= 0.3 is 0 Å². The highest BCUT2D eigenvalue weighted by atomic mass is 32.1. The molecule has 1 amide bonds. The van der Waals surface area contributed by atoms with Crippen LogP contribution in [0.1, 0.15) is 12.8 Å². The number of carbonyl (C=O) groups is 1. The summed E-state index contributed by atoms with van der Waals surface area (Å²) in [6.45, 7) is 0. The van der Waals surface area contributed by atoms with Crippen LogP contribution in [0.4, 0.5) is 0 Å². The molecule has 0 aliphatic rings. The minimum atomic E-state index is 0.0653. The molecule has 1 atom stereocenters. The summed E-state index contributed by atoms with van der Waals surface area (Å²) in [4.78, 5) is 13.1. The van der Waals surface area contributed by atoms with Gasteiger partial charge in [-0.05, 0) is 18.6 Å². The first-order chi connectivity index (χ1) is 5.63. The minimum absolute atomic E-state index is 0.0653. The summed E-state index contributed by atoms with van der Waals surface area (Å²) in [6.07, 6.45) is 1.87. The Kier molecular flexibility index (Phi) is 6.76. The summed E-state index contributed by atoms with van der Waals surface area (Å²) in [5.74, 6) is 1.71. The lowest BCUT2D eigenvalue weighted by Crippen LogP contribution is -2.30. The Balaban J connectivity index is 3.88. The molecule has 0 radical (unpaired) electrons. The molecular formula is C8H17NOS2. The molecule has 0 saturated carbocycles. The molecule has 2 nitrogen and oxygen atoms in total. The molecule has 4 heteroatoms. The van der Waals surface area contributed by atoms with Crippen LogP contribution in [0.2, 0.25) is 0 Å². The van der Waals surface area contributed by atoms with Crippen molar-refractivity contribution in [1.29, 1.82) is 0 Å². The second-order valence-electron chi connectivity index (χ2n) is 2.98. The number of carbonyl (C=O) groups excluding carboxylic acids is 1. The van der Waals surface area contributed by atoms with Gasteiger partial charge in [-0.3, -0.25) is 4.79 Å². The van der Waals surface area contributed by atoms with E-state index in [0.717, 1.165) is 18.6 Å². The monoisotopic (exact) mass is 207 g/mol. The molecule has 0 aliphatic heterocycles. The lowest BCUT2D eigenvalue weighted by atomic mass is 10.1. The van der Waals surface area contributed by atoms with Crippen LogP contribution in [0, 0.1) is 5.92 Å². The third kappa shape index (κ3) is 4.26. The van der Waals surface area contributed by atoms with Gasteiger partial charge in [-0.25, -0.2) is 0 Å². The van der Waals surface area contributed by atoms with Gasteiger partial charge in [0.15, 0.2) is 0 Å². The average Bonchev–Trinajstić information content (AvgIpc) is 2.05. The van der Waals surface area contributed by atoms with Crippen molar-refractivity contribution in [2.24, 2.45) is 5.92 Å². The second kappa shape index (κ2) is 6.66. The van der Waals surface area contributed by atoms with E-state index in [-0.39, 0.29) is 11.8 Å². The van der Waals surface area contributed by atoms with Gasteiger partial charge < -0.3 is 4.90 Å². The van der Waals surface area contributed by atoms with Gasteiger partial charge in [0, 0.05) is 25.8 Å². The summed E-state index contributed by atoms with van der Waals surface area (Å²) >= 11 is 8.25. The predicted molar refractivity (Wildman–Crippen MR) is 59.1 cm³/mol. The highest BCUT2D eigenvalue weighted by Crippen LogP contribution is 2.11. The topological polar surface area (TPSA) is 20.3 Å². The van der Waals surface area contributed by atoms with Crippen molar-refractivity contribution in [3.05, 3.63) is 0 Å². The van der Waals surface area contributed by atoms with E-state index in [4.69, 9.17) is 0 Å². The largest absolute Gasteiger partial charge is 0.349 e. The molecule has 0 fully saturated rings. The summed E-state index contributed by atoms with van der Waals surface area (Å²) in [7, 11) is 3.55. The number of hydrogen-bond acceptors (Lipinski definition) is 3. The minimum Gasteiger partial charge on any atom is -0.349 e. The first-order valence-electron chi connectivity index (χ1n) is 4.06. The Morgan fingerprint density at radius 1 is 1.42 bits per heavy atom. The zero-order chi connectivity index (χ0) is 9.56. The van der Waals surface area contributed by atoms with Gasteiger partial charge in [-0.2, -0.15) is 25.3 Å². The molecule has 0 heterocycles. The Labute approximate surface area is 85.5 Å². The Morgan fingerprint density at radius 2 is 2.00 bits per heavy atom. The maximum absolute atomic E-state index is 11.4. The maximum atomic E-state index is 11.4. The van der Waals surface area contributed by atoms with Gasteiger partial charge in [0.1, 0.15) is 0 Å². The zero-order valence-electron chi connectivity index (χ0n) is 7.66. The molecule has 0 bridgehead atoms. The van der Waals surface area contributed by atoms with Crippen molar-refractivity contribution in [3.63, 3.8) is 0 Å². The fourth-order valence-corrected chi connectivity index (χ4v) is 1.52. The normalized spacial score (nSPS) is 12.7. The lowest BCUT2D eigenvalue weighted by molar-refractivity contribution is -0.132. The molecule has 0 aliphatic carbocycles. The van der Waals surface area contributed by atoms with Crippen LogP contribution >= 0.6 is 25.3 Å². The fraction of sp³-hybridized carbons (Fsp3) is 0.875. The quantitative estimate of drug-likeness (QED) is 0.652. The van der Waals surface area contributed by atoms with Crippen LogP contribution in [-0.4, -0.2) is 36.4 Å². The number of hydrogen-bond donors (Lipinski definition) is 2. The maximum Gasteiger partial charge on any atom is 0.225 e. The molecule has 0 aromatic carbocycles. The Hall–Kier alpha value is 0.170. The van der Waals surface area contributed by atoms with Gasteiger partial charge in [-0.15, -0.1) is 0 Å². The fourth-order valence-electron chi connectivity index (χ4n) is 0.996. The summed E-state index contributed by atoms with van der Waals surface area (Å²) in [5, 5.41) is 0. The summed E-state index contributed by atoms with van der Waals surface area (Å²) in [6, 6.07) is 0. The van der Waals surface area contributed by atoms with E-state index in [2.05, 4.69) is 25.3 Å². The van der Waals surface area contributed by atoms with Crippen molar-refractivity contribution in [1.82, 2.24) is 4.90 Å². The third-order valence-corrected chi connectivity index (χ3v) is 2.48. The highest BCUT2D eigenvalue weighted by molar-refractivity contribution is 7.80. The Bertz CT molecular complexity index is 139. The van der Waals surface area contributed by atoms with Crippen molar-refractivity contribution in [2.45, 2.75) is 12.8 Å². The molecule has 1 unspecified atom stereocenters. The van der Waals surface area contributed by atoms with Crippen molar-refractivity contribution in [2.75, 3.05) is 25.6 Å². The van der Waals surface area contributed by atoms with Crippen molar-refractivity contribution >= 4 is 31.2 Å². The van der Waals surface area contributed by atoms with Crippen LogP contribution in [0.25, 0.3) is 0 Å². The van der Waals surface area contributed by atoms with Crippen molar-refractivity contribution < 1.29 is 4.79 Å². The SMILES string of the molecule is CN(C)C(=O)C(CS)CCCS. The Morgan fingerprint density at radius 3 is 2.33 bits per heavy atom. The van der Waals surface area contributed by atoms with E-state index < -0.39 is 0 Å². The highest BCUT2D eigenvalue weighted by Gasteiger charge is 2.17. The van der Waals surface area contributed by atoms with Gasteiger partial charge in [-0.1, -0.05) is 0 Å². The number of thiol groups is 2. The van der Waals surface area contributed by atoms with Gasteiger partial charge in [0.2, 0.25) is 5.91 Å². The molecule has 0 N–H and O–H groups in total. The molecule has 12 heavy (non-hydrogen) atoms. The van der Waals surface area contributed by atoms with Crippen LogP contribution in [0.3, 0.4) is 0 Å². The zero-order valence-corrected chi connectivity index (χ0v) is 9.44. The predicted octanol–water partition coefficient (Wildman–Crippen LogP) is 1.33. The summed E-state index contributed by atoms with van der Waals surface area (Å²) < 4.78 is 0. The summed E-state index contributed by atoms with van der Waals surface area (Å²) in [5.41, 5.74) is 0. The molecule has 0 rings (SSSR count). The van der Waals surface area contributed by atoms with Crippen LogP contribution in [-0.2, 0) is 4.79 Å². The van der Waals surface area contributed by atoms with E-state index in [1.807, 2.05) is 0 Å². The van der Waals surface area contributed by atoms with Crippen LogP contribution in [0.15, 0.2) is 0 Å². The van der Waals surface area contributed by atoms with Crippen LogP contribution in [0.5, 0.6) is 0 Å². The number of amides is 1. The average molecular weight is 207 g/mol. The number of nitrogens with zero attached hydrogens (tertiary/aromatic N) is 1. The van der Waals surface area contributed by atoms with E-state index >= 15 is 0 Å². The van der Waals surface area contributed by atoms with E-state index in [1.165, 1.54) is 0 Å². The van der Waals surface area contributed by atoms with Crippen molar-refractivity contribution in [3.8, 4) is 0 Å². The molecule has 72 valence electrons.